The Bertz CT molecular complexity index is 508. The molecule has 1 heteroatoms. The van der Waals surface area contributed by atoms with Crippen LogP contribution in [-0.4, -0.2) is 12.2 Å². The van der Waals surface area contributed by atoms with Crippen LogP contribution < -0.4 is 0 Å². The van der Waals surface area contributed by atoms with E-state index in [1.165, 1.54) is 29.4 Å². The molecular formula is C21H31O+. The smallest absolute Gasteiger partial charge is 0.133 e. The van der Waals surface area contributed by atoms with Crippen LogP contribution in [0.25, 0.3) is 11.1 Å². The minimum Gasteiger partial charge on any atom is -0.448 e. The lowest BCUT2D eigenvalue weighted by molar-refractivity contribution is 0.399. The molecule has 0 spiro atoms. The van der Waals surface area contributed by atoms with Crippen LogP contribution in [0, 0.1) is 0 Å². The Balaban J connectivity index is 0.00000116. The van der Waals surface area contributed by atoms with Crippen molar-refractivity contribution in [1.29, 1.82) is 0 Å². The van der Waals surface area contributed by atoms with Gasteiger partial charge in [0.1, 0.15) is 7.11 Å². The molecule has 0 saturated heterocycles. The highest BCUT2D eigenvalue weighted by Gasteiger charge is 2.14. The van der Waals surface area contributed by atoms with Crippen molar-refractivity contribution < 1.29 is 5.11 Å². The van der Waals surface area contributed by atoms with Crippen molar-refractivity contribution in [1.82, 2.24) is 0 Å². The van der Waals surface area contributed by atoms with Crippen molar-refractivity contribution in [3.05, 3.63) is 59.7 Å². The maximum atomic E-state index is 5.75. The molecular weight excluding hydrogens is 268 g/mol. The Labute approximate surface area is 136 Å². The molecule has 0 aliphatic heterocycles. The van der Waals surface area contributed by atoms with Crippen LogP contribution in [-0.2, 0) is 10.8 Å². The molecule has 0 amide bonds. The summed E-state index contributed by atoms with van der Waals surface area (Å²) in [5.41, 5.74) is 5.78. The van der Waals surface area contributed by atoms with Crippen LogP contribution in [0.1, 0.15) is 52.7 Å². The van der Waals surface area contributed by atoms with Crippen molar-refractivity contribution in [2.24, 2.45) is 0 Å². The molecule has 0 saturated carbocycles. The van der Waals surface area contributed by atoms with Crippen molar-refractivity contribution >= 4 is 0 Å². The van der Waals surface area contributed by atoms with E-state index in [0.29, 0.717) is 0 Å². The summed E-state index contributed by atoms with van der Waals surface area (Å²) in [5, 5.41) is 5.75. The molecule has 0 heterocycles. The Morgan fingerprint density at radius 2 is 0.727 bits per heavy atom. The summed E-state index contributed by atoms with van der Waals surface area (Å²) in [4.78, 5) is 0. The van der Waals surface area contributed by atoms with Crippen molar-refractivity contribution in [2.75, 3.05) is 7.11 Å². The first kappa shape index (κ1) is 18.4. The highest BCUT2D eigenvalue weighted by Crippen LogP contribution is 2.28. The first-order chi connectivity index (χ1) is 10.2. The first-order valence-corrected chi connectivity index (χ1v) is 7.89. The van der Waals surface area contributed by atoms with Crippen LogP contribution in [0.15, 0.2) is 48.5 Å². The van der Waals surface area contributed by atoms with Gasteiger partial charge in [-0.1, -0.05) is 90.1 Å². The highest BCUT2D eigenvalue weighted by molar-refractivity contribution is 5.64. The summed E-state index contributed by atoms with van der Waals surface area (Å²) < 4.78 is 0. The molecule has 0 aliphatic rings. The van der Waals surface area contributed by atoms with Gasteiger partial charge in [0, 0.05) is 0 Å². The Morgan fingerprint density at radius 1 is 0.500 bits per heavy atom. The summed E-state index contributed by atoms with van der Waals surface area (Å²) >= 11 is 0. The van der Waals surface area contributed by atoms with E-state index in [-0.39, 0.29) is 10.8 Å². The monoisotopic (exact) mass is 299 g/mol. The number of hydrogen-bond acceptors (Lipinski definition) is 0. The molecule has 22 heavy (non-hydrogen) atoms. The summed E-state index contributed by atoms with van der Waals surface area (Å²) in [7, 11) is 1.25. The molecule has 1 nitrogen and oxygen atoms in total. The molecule has 2 aromatic carbocycles. The molecule has 0 bridgehead atoms. The van der Waals surface area contributed by atoms with E-state index in [4.69, 9.17) is 5.11 Å². The average Bonchev–Trinajstić information content (AvgIpc) is 2.48. The minimum absolute atomic E-state index is 0.217. The van der Waals surface area contributed by atoms with Gasteiger partial charge in [-0.2, -0.15) is 0 Å². The fourth-order valence-electron chi connectivity index (χ4n) is 2.33. The fraction of sp³-hybridized carbons (Fsp3) is 0.429. The zero-order valence-corrected chi connectivity index (χ0v) is 15.1. The number of hydrogen-bond donors (Lipinski definition) is 0. The second-order valence-corrected chi connectivity index (χ2v) is 7.65. The summed E-state index contributed by atoms with van der Waals surface area (Å²) in [6.45, 7) is 13.5. The standard InChI is InChI=1S/C20H26.CH4O/c1-19(2,3)17-11-7-15(8-12-17)16-9-13-18(14-10-16)20(4,5)6;1-2/h7-14H,1-6H3;2H,1H3/p+1. The fourth-order valence-corrected chi connectivity index (χ4v) is 2.33. The third kappa shape index (κ3) is 4.71. The van der Waals surface area contributed by atoms with Gasteiger partial charge in [0.2, 0.25) is 0 Å². The normalized spacial score (nSPS) is 11.6. The summed E-state index contributed by atoms with van der Waals surface area (Å²) in [6.07, 6.45) is 0. The van der Waals surface area contributed by atoms with Crippen LogP contribution in [0.3, 0.4) is 0 Å². The second-order valence-electron chi connectivity index (χ2n) is 7.65. The number of benzene rings is 2. The van der Waals surface area contributed by atoms with Gasteiger partial charge >= 0.3 is 0 Å². The number of rotatable bonds is 1. The van der Waals surface area contributed by atoms with Gasteiger partial charge in [-0.25, -0.2) is 0 Å². The lowest BCUT2D eigenvalue weighted by Gasteiger charge is -2.20. The predicted molar refractivity (Wildman–Crippen MR) is 98.8 cm³/mol. The van der Waals surface area contributed by atoms with Gasteiger partial charge in [-0.15, -0.1) is 0 Å². The molecule has 0 aromatic heterocycles. The average molecular weight is 299 g/mol. The highest BCUT2D eigenvalue weighted by atomic mass is 16.2. The maximum absolute atomic E-state index is 5.75. The van der Waals surface area contributed by atoms with Crippen LogP contribution >= 0.6 is 0 Å². The molecule has 0 radical (unpaired) electrons. The maximum Gasteiger partial charge on any atom is 0.133 e. The lowest BCUT2D eigenvalue weighted by atomic mass is 9.85. The molecule has 2 aromatic rings. The SMILES string of the molecule is CC(C)(C)c1ccc(-c2ccc(C(C)(C)C)cc2)cc1.C[OH2+]. The minimum atomic E-state index is 0.217. The zero-order valence-electron chi connectivity index (χ0n) is 15.1. The lowest BCUT2D eigenvalue weighted by Crippen LogP contribution is -2.10. The van der Waals surface area contributed by atoms with Crippen LogP contribution in [0.2, 0.25) is 0 Å². The Kier molecular flexibility index (Phi) is 5.96. The van der Waals surface area contributed by atoms with E-state index in [9.17, 15) is 0 Å². The largest absolute Gasteiger partial charge is 0.448 e. The molecule has 2 N–H and O–H groups in total. The molecule has 120 valence electrons. The van der Waals surface area contributed by atoms with Crippen molar-refractivity contribution in [3.8, 4) is 11.1 Å². The van der Waals surface area contributed by atoms with Crippen LogP contribution in [0.5, 0.6) is 0 Å². The van der Waals surface area contributed by atoms with E-state index in [1.807, 2.05) is 0 Å². The van der Waals surface area contributed by atoms with Gasteiger partial charge in [0.05, 0.1) is 0 Å². The van der Waals surface area contributed by atoms with E-state index < -0.39 is 0 Å². The van der Waals surface area contributed by atoms with Crippen molar-refractivity contribution in [2.45, 2.75) is 52.4 Å². The van der Waals surface area contributed by atoms with E-state index in [0.717, 1.165) is 0 Å². The third-order valence-electron chi connectivity index (χ3n) is 3.84. The molecule has 2 rings (SSSR count). The first-order valence-electron chi connectivity index (χ1n) is 7.89. The van der Waals surface area contributed by atoms with E-state index in [1.54, 1.807) is 0 Å². The summed E-state index contributed by atoms with van der Waals surface area (Å²) in [6, 6.07) is 17.9. The molecule has 0 aliphatic carbocycles. The van der Waals surface area contributed by atoms with Gasteiger partial charge in [0.15, 0.2) is 0 Å². The van der Waals surface area contributed by atoms with E-state index in [2.05, 4.69) is 90.1 Å². The molecule has 0 atom stereocenters. The zero-order chi connectivity index (χ0) is 17.0. The van der Waals surface area contributed by atoms with Gasteiger partial charge in [-0.3, -0.25) is 0 Å². The molecule has 0 unspecified atom stereocenters. The predicted octanol–water partition coefficient (Wildman–Crippen LogP) is 5.29. The Morgan fingerprint density at radius 3 is 0.909 bits per heavy atom. The quantitative estimate of drug-likeness (QED) is 0.639. The van der Waals surface area contributed by atoms with E-state index >= 15 is 0 Å². The topological polar surface area (TPSA) is 22.9 Å². The van der Waals surface area contributed by atoms with Gasteiger partial charge < -0.3 is 5.11 Å². The van der Waals surface area contributed by atoms with Crippen LogP contribution in [0.4, 0.5) is 0 Å². The van der Waals surface area contributed by atoms with Gasteiger partial charge in [-0.05, 0) is 33.1 Å². The summed E-state index contributed by atoms with van der Waals surface area (Å²) in [5.74, 6) is 0. The molecule has 0 fully saturated rings. The Hall–Kier alpha value is -1.60. The van der Waals surface area contributed by atoms with Gasteiger partial charge in [0.25, 0.3) is 0 Å². The second kappa shape index (κ2) is 7.11. The van der Waals surface area contributed by atoms with Crippen molar-refractivity contribution in [3.63, 3.8) is 0 Å². The third-order valence-corrected chi connectivity index (χ3v) is 3.84.